The van der Waals surface area contributed by atoms with Gasteiger partial charge >= 0.3 is 0 Å². The first-order valence-corrected chi connectivity index (χ1v) is 4.85. The Morgan fingerprint density at radius 1 is 1.31 bits per heavy atom. The minimum Gasteiger partial charge on any atom is -0.0758 e. The van der Waals surface area contributed by atoms with Crippen LogP contribution in [0.4, 0.5) is 0 Å². The average Bonchev–Trinajstić information content (AvgIpc) is 2.34. The Bertz CT molecular complexity index is 292. The van der Waals surface area contributed by atoms with E-state index in [4.69, 9.17) is 0 Å². The molecular formula is C13H18. The van der Waals surface area contributed by atoms with Crippen LogP contribution >= 0.6 is 0 Å². The van der Waals surface area contributed by atoms with Gasteiger partial charge in [-0.15, -0.1) is 0 Å². The van der Waals surface area contributed by atoms with Crippen LogP contribution in [0.3, 0.4) is 0 Å². The predicted octanol–water partition coefficient (Wildman–Crippen LogP) is 4.03. The summed E-state index contributed by atoms with van der Waals surface area (Å²) in [5.74, 6) is 0.617. The second-order valence-corrected chi connectivity index (χ2v) is 4.07. The zero-order valence-corrected chi connectivity index (χ0v) is 8.96. The quantitative estimate of drug-likeness (QED) is 0.593. The maximum atomic E-state index is 2.30. The Morgan fingerprint density at radius 3 is 2.54 bits per heavy atom. The van der Waals surface area contributed by atoms with Crippen molar-refractivity contribution in [1.29, 1.82) is 0 Å². The monoisotopic (exact) mass is 174 g/mol. The van der Waals surface area contributed by atoms with Gasteiger partial charge in [-0.2, -0.15) is 0 Å². The van der Waals surface area contributed by atoms with E-state index in [1.54, 1.807) is 0 Å². The molecule has 70 valence electrons. The van der Waals surface area contributed by atoms with E-state index in [1.165, 1.54) is 16.7 Å². The molecule has 0 unspecified atom stereocenters. The van der Waals surface area contributed by atoms with Crippen molar-refractivity contribution in [1.82, 2.24) is 0 Å². The minimum absolute atomic E-state index is 0.617. The summed E-state index contributed by atoms with van der Waals surface area (Å²) in [5.41, 5.74) is 4.05. The standard InChI is InChI=1S/C13H18/c1-10(2)8-12-6-5-7-13(12)9-11(3)4/h5-10H,1-4H3. The van der Waals surface area contributed by atoms with Gasteiger partial charge in [0.05, 0.1) is 0 Å². The lowest BCUT2D eigenvalue weighted by Crippen LogP contribution is -1.85. The van der Waals surface area contributed by atoms with Gasteiger partial charge in [-0.25, -0.2) is 0 Å². The van der Waals surface area contributed by atoms with Crippen molar-refractivity contribution in [2.24, 2.45) is 5.92 Å². The van der Waals surface area contributed by atoms with E-state index in [0.29, 0.717) is 5.92 Å². The van der Waals surface area contributed by atoms with Crippen LogP contribution < -0.4 is 0 Å². The van der Waals surface area contributed by atoms with Gasteiger partial charge in [0.2, 0.25) is 0 Å². The molecule has 0 aromatic heterocycles. The molecule has 0 aliphatic heterocycles. The summed E-state index contributed by atoms with van der Waals surface area (Å²) >= 11 is 0. The van der Waals surface area contributed by atoms with E-state index in [1.807, 2.05) is 0 Å². The molecule has 0 N–H and O–H groups in total. The Kier molecular flexibility index (Phi) is 3.30. The molecule has 0 nitrogen and oxygen atoms in total. The van der Waals surface area contributed by atoms with Crippen molar-refractivity contribution in [3.05, 3.63) is 47.1 Å². The van der Waals surface area contributed by atoms with Crippen molar-refractivity contribution in [2.45, 2.75) is 27.7 Å². The summed E-state index contributed by atoms with van der Waals surface area (Å²) in [6.45, 7) is 8.68. The maximum Gasteiger partial charge on any atom is -0.0188 e. The number of hydrogen-bond donors (Lipinski definition) is 0. The molecule has 1 aliphatic rings. The van der Waals surface area contributed by atoms with E-state index >= 15 is 0 Å². The lowest BCUT2D eigenvalue weighted by molar-refractivity contribution is 0.827. The molecule has 0 saturated carbocycles. The van der Waals surface area contributed by atoms with Crippen LogP contribution in [0.5, 0.6) is 0 Å². The first-order valence-electron chi connectivity index (χ1n) is 4.85. The van der Waals surface area contributed by atoms with Gasteiger partial charge in [-0.05, 0) is 30.9 Å². The van der Waals surface area contributed by atoms with E-state index < -0.39 is 0 Å². The average molecular weight is 174 g/mol. The molecule has 0 bridgehead atoms. The summed E-state index contributed by atoms with van der Waals surface area (Å²) in [6, 6.07) is 0. The molecule has 0 amide bonds. The van der Waals surface area contributed by atoms with Crippen molar-refractivity contribution < 1.29 is 0 Å². The molecule has 0 aromatic rings. The normalized spacial score (nSPS) is 18.2. The molecule has 0 heteroatoms. The molecule has 0 aromatic carbocycles. The zero-order valence-electron chi connectivity index (χ0n) is 8.96. The highest BCUT2D eigenvalue weighted by atomic mass is 14.1. The number of hydrogen-bond acceptors (Lipinski definition) is 0. The van der Waals surface area contributed by atoms with Crippen molar-refractivity contribution >= 4 is 0 Å². The van der Waals surface area contributed by atoms with E-state index in [-0.39, 0.29) is 0 Å². The van der Waals surface area contributed by atoms with Crippen LogP contribution in [0.25, 0.3) is 0 Å². The van der Waals surface area contributed by atoms with Gasteiger partial charge in [0.25, 0.3) is 0 Å². The summed E-state index contributed by atoms with van der Waals surface area (Å²) in [6.07, 6.45) is 11.0. The molecule has 0 heterocycles. The van der Waals surface area contributed by atoms with E-state index in [2.05, 4.69) is 58.1 Å². The lowest BCUT2D eigenvalue weighted by atomic mass is 10.0. The van der Waals surface area contributed by atoms with Crippen LogP contribution in [-0.4, -0.2) is 0 Å². The van der Waals surface area contributed by atoms with Crippen LogP contribution in [0.15, 0.2) is 47.1 Å². The van der Waals surface area contributed by atoms with Gasteiger partial charge in [-0.3, -0.25) is 0 Å². The highest BCUT2D eigenvalue weighted by Crippen LogP contribution is 2.22. The zero-order chi connectivity index (χ0) is 9.84. The fourth-order valence-electron chi connectivity index (χ4n) is 1.40. The van der Waals surface area contributed by atoms with Gasteiger partial charge < -0.3 is 0 Å². The Balaban J connectivity index is 2.85. The van der Waals surface area contributed by atoms with Crippen molar-refractivity contribution in [2.75, 3.05) is 0 Å². The largest absolute Gasteiger partial charge is 0.0758 e. The third-order valence-corrected chi connectivity index (χ3v) is 1.84. The first-order chi connectivity index (χ1) is 6.09. The van der Waals surface area contributed by atoms with Crippen LogP contribution in [0.1, 0.15) is 27.7 Å². The van der Waals surface area contributed by atoms with Crippen LogP contribution in [0.2, 0.25) is 0 Å². The lowest BCUT2D eigenvalue weighted by Gasteiger charge is -2.02. The van der Waals surface area contributed by atoms with Crippen molar-refractivity contribution in [3.63, 3.8) is 0 Å². The van der Waals surface area contributed by atoms with E-state index in [0.717, 1.165) is 0 Å². The molecular weight excluding hydrogens is 156 g/mol. The maximum absolute atomic E-state index is 2.30. The smallest absolute Gasteiger partial charge is 0.0188 e. The van der Waals surface area contributed by atoms with E-state index in [9.17, 15) is 0 Å². The highest BCUT2D eigenvalue weighted by molar-refractivity contribution is 5.54. The molecule has 0 spiro atoms. The highest BCUT2D eigenvalue weighted by Gasteiger charge is 2.03. The Morgan fingerprint density at radius 2 is 2.00 bits per heavy atom. The summed E-state index contributed by atoms with van der Waals surface area (Å²) in [4.78, 5) is 0. The van der Waals surface area contributed by atoms with Gasteiger partial charge in [0.15, 0.2) is 0 Å². The summed E-state index contributed by atoms with van der Waals surface area (Å²) < 4.78 is 0. The Hall–Kier alpha value is -1.04. The third kappa shape index (κ3) is 3.06. The predicted molar refractivity (Wildman–Crippen MR) is 59.6 cm³/mol. The minimum atomic E-state index is 0.617. The molecule has 0 saturated heterocycles. The third-order valence-electron chi connectivity index (χ3n) is 1.84. The molecule has 0 radical (unpaired) electrons. The number of allylic oxidation sites excluding steroid dienone is 8. The van der Waals surface area contributed by atoms with Crippen LogP contribution in [-0.2, 0) is 0 Å². The van der Waals surface area contributed by atoms with Crippen LogP contribution in [0, 0.1) is 5.92 Å². The van der Waals surface area contributed by atoms with Gasteiger partial charge in [0, 0.05) is 0 Å². The molecule has 0 atom stereocenters. The molecule has 1 aliphatic carbocycles. The second-order valence-electron chi connectivity index (χ2n) is 4.07. The second kappa shape index (κ2) is 4.27. The molecule has 0 fully saturated rings. The summed E-state index contributed by atoms with van der Waals surface area (Å²) in [7, 11) is 0. The first kappa shape index (κ1) is 10.0. The fourth-order valence-corrected chi connectivity index (χ4v) is 1.40. The fraction of sp³-hybridized carbons (Fsp3) is 0.385. The number of rotatable bonds is 2. The Labute approximate surface area is 81.4 Å². The molecule has 13 heavy (non-hydrogen) atoms. The SMILES string of the molecule is CC(C)=CC1=CC=CC1=CC(C)C. The van der Waals surface area contributed by atoms with Gasteiger partial charge in [-0.1, -0.05) is 49.8 Å². The van der Waals surface area contributed by atoms with Gasteiger partial charge in [0.1, 0.15) is 0 Å². The topological polar surface area (TPSA) is 0 Å². The van der Waals surface area contributed by atoms with Crippen molar-refractivity contribution in [3.8, 4) is 0 Å². The molecule has 1 rings (SSSR count). The summed E-state index contributed by atoms with van der Waals surface area (Å²) in [5, 5.41) is 0.